The van der Waals surface area contributed by atoms with Crippen LogP contribution in [0, 0.1) is 0 Å². The number of rotatable bonds is 39. The Morgan fingerprint density at radius 1 is 0.648 bits per heavy atom. The first-order chi connectivity index (χ1) is 26.1. The van der Waals surface area contributed by atoms with E-state index in [-0.39, 0.29) is 94.5 Å². The smallest absolute Gasteiger partial charge is 0.326 e. The van der Waals surface area contributed by atoms with E-state index in [4.69, 9.17) is 20.3 Å². The Labute approximate surface area is 330 Å². The van der Waals surface area contributed by atoms with Crippen LogP contribution in [0.25, 0.3) is 0 Å². The summed E-state index contributed by atoms with van der Waals surface area (Å²) in [6.45, 7) is 3.80. The van der Waals surface area contributed by atoms with Gasteiger partial charge in [0.05, 0.1) is 38.6 Å². The molecule has 0 aromatic rings. The molecule has 9 N–H and O–H groups in total. The number of amides is 5. The molecule has 18 heteroatoms. The van der Waals surface area contributed by atoms with Crippen LogP contribution in [0.2, 0.25) is 0 Å². The maximum atomic E-state index is 12.3. The molecule has 0 aromatic heterocycles. The molecule has 15 nitrogen and oxygen atoms in total. The first-order valence-electron chi connectivity index (χ1n) is 19.7. The van der Waals surface area contributed by atoms with E-state index in [1.165, 1.54) is 75.8 Å². The zero-order chi connectivity index (χ0) is 40.1. The molecule has 0 rings (SSSR count). The summed E-state index contributed by atoms with van der Waals surface area (Å²) in [5.41, 5.74) is 4.86. The molecule has 0 radical (unpaired) electrons. The Kier molecular flexibility index (Phi) is 36.4. The van der Waals surface area contributed by atoms with Crippen LogP contribution in [0.1, 0.15) is 135 Å². The van der Waals surface area contributed by atoms with Gasteiger partial charge in [0.15, 0.2) is 0 Å². The van der Waals surface area contributed by atoms with E-state index in [1.54, 1.807) is 0 Å². The van der Waals surface area contributed by atoms with E-state index < -0.39 is 17.9 Å². The third-order valence-electron chi connectivity index (χ3n) is 8.50. The number of primary amides is 1. The lowest BCUT2D eigenvalue weighted by atomic mass is 10.0. The van der Waals surface area contributed by atoms with E-state index in [2.05, 4.69) is 28.2 Å². The molecule has 0 fully saturated rings. The average molecular weight is 825 g/mol. The van der Waals surface area contributed by atoms with Crippen LogP contribution < -0.4 is 32.1 Å². The second kappa shape index (κ2) is 37.8. The summed E-state index contributed by atoms with van der Waals surface area (Å²) in [7, 11) is 0.746. The van der Waals surface area contributed by atoms with Gasteiger partial charge in [-0.2, -0.15) is 0 Å². The monoisotopic (exact) mass is 824 g/mol. The van der Waals surface area contributed by atoms with Crippen molar-refractivity contribution in [1.82, 2.24) is 21.3 Å². The van der Waals surface area contributed by atoms with Gasteiger partial charge in [0.25, 0.3) is 0 Å². The van der Waals surface area contributed by atoms with E-state index in [9.17, 15) is 33.9 Å². The van der Waals surface area contributed by atoms with E-state index >= 15 is 0 Å². The van der Waals surface area contributed by atoms with Crippen molar-refractivity contribution in [1.29, 1.82) is 0 Å². The Balaban J connectivity index is 3.82. The summed E-state index contributed by atoms with van der Waals surface area (Å²) in [4.78, 5) is 71.3. The molecule has 0 saturated carbocycles. The van der Waals surface area contributed by atoms with Crippen molar-refractivity contribution < 1.29 is 43.3 Å². The molecular formula is C36H70N6O9P2S. The van der Waals surface area contributed by atoms with Gasteiger partial charge in [-0.05, 0) is 33.2 Å². The minimum absolute atomic E-state index is 0.00172. The molecule has 0 bridgehead atoms. The van der Waals surface area contributed by atoms with Gasteiger partial charge < -0.3 is 41.6 Å². The highest BCUT2D eigenvalue weighted by Gasteiger charge is 2.21. The number of carbonyl (C=O) groups excluding carboxylic acids is 5. The largest absolute Gasteiger partial charge is 0.480 e. The van der Waals surface area contributed by atoms with Crippen molar-refractivity contribution in [2.45, 2.75) is 147 Å². The van der Waals surface area contributed by atoms with Crippen LogP contribution in [-0.4, -0.2) is 98.4 Å². The van der Waals surface area contributed by atoms with Gasteiger partial charge >= 0.3 is 5.97 Å². The highest BCUT2D eigenvalue weighted by molar-refractivity contribution is 8.66. The van der Waals surface area contributed by atoms with Crippen LogP contribution in [0.15, 0.2) is 0 Å². The number of hydrogen-bond acceptors (Lipinski definition) is 10. The zero-order valence-corrected chi connectivity index (χ0v) is 35.3. The summed E-state index contributed by atoms with van der Waals surface area (Å²) in [6, 6.07) is -1.11. The van der Waals surface area contributed by atoms with Crippen molar-refractivity contribution in [3.63, 3.8) is 0 Å². The molecule has 0 saturated heterocycles. The first kappa shape index (κ1) is 51.9. The van der Waals surface area contributed by atoms with Crippen molar-refractivity contribution in [3.05, 3.63) is 0 Å². The Bertz CT molecular complexity index is 1040. The number of nitrogens with two attached hydrogens (primary N) is 2. The summed E-state index contributed by atoms with van der Waals surface area (Å²) >= 11 is 1.20. The second-order valence-electron chi connectivity index (χ2n) is 13.3. The second-order valence-corrected chi connectivity index (χ2v) is 18.7. The fourth-order valence-corrected chi connectivity index (χ4v) is 9.54. The Morgan fingerprint density at radius 3 is 1.81 bits per heavy atom. The summed E-state index contributed by atoms with van der Waals surface area (Å²) in [6.07, 6.45) is 18.2. The molecule has 314 valence electrons. The molecule has 0 aliphatic carbocycles. The van der Waals surface area contributed by atoms with Crippen LogP contribution in [0.4, 0.5) is 0 Å². The van der Waals surface area contributed by atoms with Gasteiger partial charge in [0.1, 0.15) is 6.04 Å². The van der Waals surface area contributed by atoms with Crippen LogP contribution in [0.5, 0.6) is 0 Å². The number of carboxylic acids is 1. The molecular weight excluding hydrogens is 754 g/mol. The predicted octanol–water partition coefficient (Wildman–Crippen LogP) is 4.41. The number of carboxylic acid groups (broad SMARTS) is 1. The van der Waals surface area contributed by atoms with Gasteiger partial charge in [0, 0.05) is 32.4 Å². The molecule has 0 spiro atoms. The highest BCUT2D eigenvalue weighted by Crippen LogP contribution is 2.49. The standard InChI is InChI=1S/C36H70N6O9P2S/c1-2-3-4-5-6-7-8-9-10-11-12-13-14-18-34(46)42-29(36(48)49)19-20-32(44)40-23-25-51-27-26-50-24-21-33(45)39-22-16-15-17-30(52-53-54-38)35(47)41-28-31(37)43/h29-30,52-53H,2-28,38H2,1H3,(H2,37,43)(H,39,45)(H,40,44)(H,41,47)(H,42,46)(H,48,49)/t29?,30-/m0/s1. The minimum Gasteiger partial charge on any atom is -0.480 e. The Morgan fingerprint density at radius 2 is 1.22 bits per heavy atom. The first-order valence-corrected chi connectivity index (χ1v) is 24.4. The summed E-state index contributed by atoms with van der Waals surface area (Å²) in [5, 5.41) is 25.6. The number of aliphatic carboxylic acids is 1. The molecule has 4 atom stereocenters. The van der Waals surface area contributed by atoms with E-state index in [0.29, 0.717) is 35.1 Å². The third-order valence-corrected chi connectivity index (χ3v) is 13.5. The van der Waals surface area contributed by atoms with Crippen LogP contribution in [-0.2, 0) is 38.2 Å². The quantitative estimate of drug-likeness (QED) is 0.0260. The van der Waals surface area contributed by atoms with Crippen molar-refractivity contribution in [2.24, 2.45) is 10.9 Å². The predicted molar refractivity (Wildman–Crippen MR) is 220 cm³/mol. The van der Waals surface area contributed by atoms with Gasteiger partial charge in [-0.25, -0.2) is 4.79 Å². The molecule has 0 aliphatic heterocycles. The maximum absolute atomic E-state index is 12.3. The van der Waals surface area contributed by atoms with Crippen molar-refractivity contribution in [3.8, 4) is 0 Å². The highest BCUT2D eigenvalue weighted by atomic mass is 32.9. The van der Waals surface area contributed by atoms with Gasteiger partial charge in [0.2, 0.25) is 29.5 Å². The number of ether oxygens (including phenoxy) is 2. The van der Waals surface area contributed by atoms with Crippen molar-refractivity contribution in [2.75, 3.05) is 46.1 Å². The van der Waals surface area contributed by atoms with Crippen LogP contribution in [0.3, 0.4) is 0 Å². The number of hydrogen-bond donors (Lipinski definition) is 7. The molecule has 3 unspecified atom stereocenters. The zero-order valence-electron chi connectivity index (χ0n) is 32.5. The fourth-order valence-electron chi connectivity index (χ4n) is 5.40. The molecule has 5 amide bonds. The number of nitrogens with one attached hydrogen (secondary N) is 4. The summed E-state index contributed by atoms with van der Waals surface area (Å²) in [5.74, 6) is -2.73. The average Bonchev–Trinajstić information content (AvgIpc) is 3.14. The lowest BCUT2D eigenvalue weighted by Crippen LogP contribution is -2.41. The third kappa shape index (κ3) is 34.4. The molecule has 54 heavy (non-hydrogen) atoms. The molecule has 0 aliphatic rings. The number of carbonyl (C=O) groups is 6. The van der Waals surface area contributed by atoms with Gasteiger partial charge in [-0.1, -0.05) is 110 Å². The van der Waals surface area contributed by atoms with Gasteiger partial charge in [-0.3, -0.25) is 29.1 Å². The summed E-state index contributed by atoms with van der Waals surface area (Å²) < 4.78 is 10.9. The number of unbranched alkanes of at least 4 members (excludes halogenated alkanes) is 13. The minimum atomic E-state index is -1.16. The fraction of sp³-hybridized carbons (Fsp3) is 0.833. The SMILES string of the molecule is CCCCCCCCCCCCCCCC(=O)NC(CCC(=O)NCCOCCOCCC(=O)NCCCC[C@H](PPSN)C(=O)NCC(N)=O)C(=O)O. The molecule has 0 heterocycles. The van der Waals surface area contributed by atoms with Crippen molar-refractivity contribution >= 4 is 62.8 Å². The lowest BCUT2D eigenvalue weighted by molar-refractivity contribution is -0.142. The topological polar surface area (TPSA) is 241 Å². The Hall–Kier alpha value is -2.09. The normalized spacial score (nSPS) is 12.6. The maximum Gasteiger partial charge on any atom is 0.326 e. The molecule has 0 aromatic carbocycles. The van der Waals surface area contributed by atoms with Gasteiger partial charge in [-0.15, -0.1) is 0 Å². The van der Waals surface area contributed by atoms with E-state index in [0.717, 1.165) is 25.7 Å². The van der Waals surface area contributed by atoms with E-state index in [1.807, 2.05) is 0 Å². The van der Waals surface area contributed by atoms with Crippen LogP contribution >= 0.6 is 27.3 Å². The lowest BCUT2D eigenvalue weighted by Gasteiger charge is -2.15.